The zero-order chi connectivity index (χ0) is 42.5. The van der Waals surface area contributed by atoms with Crippen LogP contribution in [0.4, 0.5) is 5.69 Å². The molecule has 0 spiro atoms. The smallest absolute Gasteiger partial charge is 0.343 e. The lowest BCUT2D eigenvalue weighted by atomic mass is 10.1. The molecule has 0 radical (unpaired) electrons. The van der Waals surface area contributed by atoms with Gasteiger partial charge in [-0.3, -0.25) is 4.99 Å². The van der Waals surface area contributed by atoms with Crippen LogP contribution in [0.2, 0.25) is 0 Å². The Hall–Kier alpha value is -5.42. The highest BCUT2D eigenvalue weighted by Gasteiger charge is 2.14. The summed E-state index contributed by atoms with van der Waals surface area (Å²) in [5.74, 6) is 0.635. The summed E-state index contributed by atoms with van der Waals surface area (Å²) >= 11 is 0. The first kappa shape index (κ1) is 47.3. The van der Waals surface area contributed by atoms with Crippen molar-refractivity contribution in [3.05, 3.63) is 113 Å². The molecule has 320 valence electrons. The molecule has 0 N–H and O–H groups in total. The summed E-state index contributed by atoms with van der Waals surface area (Å²) in [6.45, 7) is 5.77. The van der Waals surface area contributed by atoms with Gasteiger partial charge in [-0.1, -0.05) is 129 Å². The number of ether oxygens (including phenoxy) is 4. The Kier molecular flexibility index (Phi) is 22.8. The Morgan fingerprint density at radius 2 is 0.883 bits per heavy atom. The second kappa shape index (κ2) is 28.9. The topological polar surface area (TPSA) is 107 Å². The van der Waals surface area contributed by atoms with Gasteiger partial charge in [0.2, 0.25) is 0 Å². The summed E-state index contributed by atoms with van der Waals surface area (Å²) in [5.41, 5.74) is 2.40. The summed E-state index contributed by atoms with van der Waals surface area (Å²) in [6.07, 6.45) is 26.9. The molecular formula is C52H66N2O6. The van der Waals surface area contributed by atoms with E-state index in [0.717, 1.165) is 25.7 Å². The first-order chi connectivity index (χ1) is 29.5. The molecule has 0 heterocycles. The fraction of sp³-hybridized carbons (Fsp3) is 0.462. The van der Waals surface area contributed by atoms with Gasteiger partial charge in [-0.15, -0.1) is 0 Å². The van der Waals surface area contributed by atoms with Crippen LogP contribution in [0.1, 0.15) is 174 Å². The summed E-state index contributed by atoms with van der Waals surface area (Å²) in [5, 5.41) is 9.14. The van der Waals surface area contributed by atoms with E-state index >= 15 is 0 Å². The van der Waals surface area contributed by atoms with Crippen molar-refractivity contribution in [2.45, 2.75) is 142 Å². The van der Waals surface area contributed by atoms with E-state index in [1.54, 1.807) is 91.1 Å². The lowest BCUT2D eigenvalue weighted by Gasteiger charge is -2.11. The molecule has 0 fully saturated rings. The van der Waals surface area contributed by atoms with Gasteiger partial charge in [-0.05, 0) is 97.8 Å². The highest BCUT2D eigenvalue weighted by atomic mass is 16.5. The van der Waals surface area contributed by atoms with Gasteiger partial charge in [0.25, 0.3) is 0 Å². The third-order valence-corrected chi connectivity index (χ3v) is 10.4. The highest BCUT2D eigenvalue weighted by molar-refractivity contribution is 5.93. The first-order valence-electron chi connectivity index (χ1n) is 22.6. The maximum Gasteiger partial charge on any atom is 0.343 e. The monoisotopic (exact) mass is 814 g/mol. The molecule has 0 aliphatic rings. The molecule has 0 amide bonds. The van der Waals surface area contributed by atoms with Gasteiger partial charge in [0, 0.05) is 17.8 Å². The third kappa shape index (κ3) is 19.1. The average molecular weight is 815 g/mol. The summed E-state index contributed by atoms with van der Waals surface area (Å²) in [6, 6.07) is 27.5. The largest absolute Gasteiger partial charge is 0.494 e. The number of nitriles is 1. The Morgan fingerprint density at radius 1 is 0.500 bits per heavy atom. The van der Waals surface area contributed by atoms with E-state index in [2.05, 4.69) is 24.9 Å². The fourth-order valence-electron chi connectivity index (χ4n) is 6.82. The van der Waals surface area contributed by atoms with Crippen molar-refractivity contribution in [1.29, 1.82) is 5.26 Å². The highest BCUT2D eigenvalue weighted by Crippen LogP contribution is 2.26. The number of carbonyl (C=O) groups excluding carboxylic acids is 2. The zero-order valence-electron chi connectivity index (χ0n) is 36.1. The number of benzene rings is 4. The standard InChI is InChI=1S/C52H66N2O6/c1-3-5-7-9-11-13-15-17-19-21-35-57-47-31-25-44(26-32-47)51(55)59-49-37-43(41-54-46-29-23-42(40-53)24-30-46)38-50(39-49)60-52(56)45-27-33-48(34-28-45)58-36-22-20-18-16-14-12-10-8-6-4-2/h23-34,37-39,41H,3-22,35-36H2,1-2H3. The summed E-state index contributed by atoms with van der Waals surface area (Å²) in [7, 11) is 0. The summed E-state index contributed by atoms with van der Waals surface area (Å²) < 4.78 is 23.4. The van der Waals surface area contributed by atoms with E-state index in [1.165, 1.54) is 109 Å². The SMILES string of the molecule is CCCCCCCCCCCCOc1ccc(C(=O)Oc2cc(C=Nc3ccc(C#N)cc3)cc(OC(=O)c3ccc(OCCCCCCCCCCCC)cc3)c2)cc1. The number of esters is 2. The van der Waals surface area contributed by atoms with Gasteiger partial charge in [0.1, 0.15) is 23.0 Å². The molecule has 4 aromatic carbocycles. The van der Waals surface area contributed by atoms with Crippen molar-refractivity contribution in [2.24, 2.45) is 4.99 Å². The molecule has 8 nitrogen and oxygen atoms in total. The normalized spacial score (nSPS) is 11.0. The van der Waals surface area contributed by atoms with E-state index < -0.39 is 11.9 Å². The molecule has 0 bridgehead atoms. The van der Waals surface area contributed by atoms with Crippen molar-refractivity contribution in [2.75, 3.05) is 13.2 Å². The molecule has 4 aromatic rings. The number of hydrogen-bond donors (Lipinski definition) is 0. The number of nitrogens with zero attached hydrogens (tertiary/aromatic N) is 2. The molecule has 0 atom stereocenters. The van der Waals surface area contributed by atoms with Crippen molar-refractivity contribution >= 4 is 23.8 Å². The Labute approximate surface area is 359 Å². The van der Waals surface area contributed by atoms with Crippen molar-refractivity contribution in [3.8, 4) is 29.1 Å². The van der Waals surface area contributed by atoms with Gasteiger partial charge in [-0.25, -0.2) is 9.59 Å². The van der Waals surface area contributed by atoms with Crippen LogP contribution in [-0.2, 0) is 0 Å². The number of carbonyl (C=O) groups is 2. The molecule has 0 unspecified atom stereocenters. The fourth-order valence-corrected chi connectivity index (χ4v) is 6.82. The van der Waals surface area contributed by atoms with Crippen molar-refractivity contribution in [3.63, 3.8) is 0 Å². The van der Waals surface area contributed by atoms with E-state index in [1.807, 2.05) is 0 Å². The molecule has 0 aliphatic carbocycles. The molecular weight excluding hydrogens is 749 g/mol. The van der Waals surface area contributed by atoms with E-state index in [9.17, 15) is 9.59 Å². The van der Waals surface area contributed by atoms with Gasteiger partial charge in [0.05, 0.1) is 41.7 Å². The summed E-state index contributed by atoms with van der Waals surface area (Å²) in [4.78, 5) is 31.1. The molecule has 0 aromatic heterocycles. The van der Waals surface area contributed by atoms with Crippen LogP contribution in [0.25, 0.3) is 0 Å². The third-order valence-electron chi connectivity index (χ3n) is 10.4. The molecule has 60 heavy (non-hydrogen) atoms. The van der Waals surface area contributed by atoms with E-state index in [-0.39, 0.29) is 11.5 Å². The number of rotatable bonds is 30. The number of aliphatic imine (C=N–C) groups is 1. The van der Waals surface area contributed by atoms with Gasteiger partial charge >= 0.3 is 11.9 Å². The molecule has 0 aliphatic heterocycles. The first-order valence-corrected chi connectivity index (χ1v) is 22.6. The van der Waals surface area contributed by atoms with Gasteiger partial charge in [-0.2, -0.15) is 5.26 Å². The lowest BCUT2D eigenvalue weighted by Crippen LogP contribution is -2.11. The van der Waals surface area contributed by atoms with Crippen LogP contribution >= 0.6 is 0 Å². The second-order valence-corrected chi connectivity index (χ2v) is 15.5. The van der Waals surface area contributed by atoms with Crippen LogP contribution in [-0.4, -0.2) is 31.4 Å². The minimum atomic E-state index is -0.567. The predicted octanol–water partition coefficient (Wildman–Crippen LogP) is 14.3. The number of unbranched alkanes of at least 4 members (excludes halogenated alkanes) is 18. The molecule has 0 saturated heterocycles. The Balaban J connectivity index is 1.29. The Morgan fingerprint density at radius 3 is 1.27 bits per heavy atom. The molecule has 8 heteroatoms. The Bertz CT molecular complexity index is 1780. The molecule has 4 rings (SSSR count). The van der Waals surface area contributed by atoms with Gasteiger partial charge in [0.15, 0.2) is 0 Å². The maximum atomic E-state index is 13.3. The van der Waals surface area contributed by atoms with Crippen molar-refractivity contribution < 1.29 is 28.5 Å². The van der Waals surface area contributed by atoms with Crippen molar-refractivity contribution in [1.82, 2.24) is 0 Å². The predicted molar refractivity (Wildman–Crippen MR) is 242 cm³/mol. The van der Waals surface area contributed by atoms with Crippen LogP contribution in [0, 0.1) is 11.3 Å². The van der Waals surface area contributed by atoms with Crippen LogP contribution in [0.3, 0.4) is 0 Å². The quantitative estimate of drug-likeness (QED) is 0.0223. The van der Waals surface area contributed by atoms with E-state index in [4.69, 9.17) is 24.2 Å². The lowest BCUT2D eigenvalue weighted by molar-refractivity contribution is 0.0732. The van der Waals surface area contributed by atoms with Crippen LogP contribution in [0.5, 0.6) is 23.0 Å². The van der Waals surface area contributed by atoms with Crippen LogP contribution < -0.4 is 18.9 Å². The second-order valence-electron chi connectivity index (χ2n) is 15.5. The van der Waals surface area contributed by atoms with E-state index in [0.29, 0.717) is 52.7 Å². The average Bonchev–Trinajstić information content (AvgIpc) is 3.27. The zero-order valence-corrected chi connectivity index (χ0v) is 36.1. The minimum absolute atomic E-state index is 0.184. The molecule has 0 saturated carbocycles. The van der Waals surface area contributed by atoms with Gasteiger partial charge < -0.3 is 18.9 Å². The number of hydrogen-bond acceptors (Lipinski definition) is 8. The minimum Gasteiger partial charge on any atom is -0.494 e. The van der Waals surface area contributed by atoms with Crippen LogP contribution in [0.15, 0.2) is 96.0 Å². The maximum absolute atomic E-state index is 13.3.